The summed E-state index contributed by atoms with van der Waals surface area (Å²) in [4.78, 5) is 35.5. The van der Waals surface area contributed by atoms with Crippen molar-refractivity contribution in [2.75, 3.05) is 19.0 Å². The van der Waals surface area contributed by atoms with Gasteiger partial charge in [-0.3, -0.25) is 4.79 Å². The molecule has 0 fully saturated rings. The van der Waals surface area contributed by atoms with Crippen LogP contribution in [0.25, 0.3) is 0 Å². The molecule has 0 atom stereocenters. The zero-order chi connectivity index (χ0) is 16.0. The third-order valence-corrected chi connectivity index (χ3v) is 2.79. The summed E-state index contributed by atoms with van der Waals surface area (Å²) in [5.74, 6) is -1.55. The number of carbonyl (C=O) groups is 3. The molecule has 1 rings (SSSR count). The lowest BCUT2D eigenvalue weighted by atomic mass is 10.2. The quantitative estimate of drug-likeness (QED) is 0.807. The maximum Gasteiger partial charge on any atom is 0.335 e. The van der Waals surface area contributed by atoms with Crippen molar-refractivity contribution in [3.63, 3.8) is 0 Å². The van der Waals surface area contributed by atoms with Gasteiger partial charge in [0.2, 0.25) is 0 Å². The van der Waals surface area contributed by atoms with Crippen molar-refractivity contribution in [1.29, 1.82) is 0 Å². The number of methoxy groups -OCH3 is 1. The van der Waals surface area contributed by atoms with Gasteiger partial charge in [0.1, 0.15) is 6.54 Å². The van der Waals surface area contributed by atoms with Gasteiger partial charge in [0.25, 0.3) is 0 Å². The van der Waals surface area contributed by atoms with Gasteiger partial charge in [-0.15, -0.1) is 0 Å². The van der Waals surface area contributed by atoms with Gasteiger partial charge < -0.3 is 20.1 Å². The molecule has 0 aliphatic carbocycles. The van der Waals surface area contributed by atoms with Gasteiger partial charge in [0.15, 0.2) is 0 Å². The number of aromatic carboxylic acids is 1. The second-order valence-corrected chi connectivity index (χ2v) is 4.61. The standard InChI is InChI=1S/C14H18N2O5/c1-9(2)16(8-12(17)21-3)14(20)15-11-6-4-10(5-7-11)13(18)19/h4-7,9H,8H2,1-3H3,(H,15,20)(H,18,19). The molecule has 0 spiro atoms. The molecular formula is C14H18N2O5. The molecule has 0 saturated carbocycles. The van der Waals surface area contributed by atoms with Gasteiger partial charge in [0, 0.05) is 11.7 Å². The minimum atomic E-state index is -1.04. The molecule has 2 N–H and O–H groups in total. The van der Waals surface area contributed by atoms with Crippen LogP contribution in [0, 0.1) is 0 Å². The number of carboxylic acids is 1. The van der Waals surface area contributed by atoms with Crippen molar-refractivity contribution < 1.29 is 24.2 Å². The van der Waals surface area contributed by atoms with E-state index in [1.54, 1.807) is 13.8 Å². The Morgan fingerprint density at radius 3 is 2.24 bits per heavy atom. The van der Waals surface area contributed by atoms with Gasteiger partial charge in [0.05, 0.1) is 12.7 Å². The van der Waals surface area contributed by atoms with E-state index in [1.807, 2.05) is 0 Å². The Bertz CT molecular complexity index is 525. The predicted molar refractivity (Wildman–Crippen MR) is 76.3 cm³/mol. The topological polar surface area (TPSA) is 95.9 Å². The molecule has 2 amide bonds. The Hall–Kier alpha value is -2.57. The number of hydrogen-bond acceptors (Lipinski definition) is 4. The van der Waals surface area contributed by atoms with Crippen LogP contribution in [0.1, 0.15) is 24.2 Å². The molecule has 0 unspecified atom stereocenters. The van der Waals surface area contributed by atoms with Gasteiger partial charge >= 0.3 is 18.0 Å². The van der Waals surface area contributed by atoms with E-state index in [1.165, 1.54) is 36.3 Å². The fourth-order valence-electron chi connectivity index (χ4n) is 1.58. The lowest BCUT2D eigenvalue weighted by Gasteiger charge is -2.25. The molecule has 0 radical (unpaired) electrons. The van der Waals surface area contributed by atoms with E-state index in [0.29, 0.717) is 5.69 Å². The van der Waals surface area contributed by atoms with Crippen molar-refractivity contribution in [3.8, 4) is 0 Å². The number of urea groups is 1. The number of ether oxygens (including phenoxy) is 1. The molecular weight excluding hydrogens is 276 g/mol. The zero-order valence-corrected chi connectivity index (χ0v) is 12.1. The van der Waals surface area contributed by atoms with Crippen molar-refractivity contribution in [3.05, 3.63) is 29.8 Å². The van der Waals surface area contributed by atoms with Crippen LogP contribution in [0.5, 0.6) is 0 Å². The first-order valence-electron chi connectivity index (χ1n) is 6.33. The van der Waals surface area contributed by atoms with E-state index < -0.39 is 18.0 Å². The molecule has 1 aromatic rings. The Morgan fingerprint density at radius 2 is 1.81 bits per heavy atom. The SMILES string of the molecule is COC(=O)CN(C(=O)Nc1ccc(C(=O)O)cc1)C(C)C. The summed E-state index contributed by atoms with van der Waals surface area (Å²) < 4.78 is 4.55. The molecule has 0 aliphatic rings. The van der Waals surface area contributed by atoms with Gasteiger partial charge in [-0.1, -0.05) is 0 Å². The Kier molecular flexibility index (Phi) is 5.71. The first kappa shape index (κ1) is 16.5. The Morgan fingerprint density at radius 1 is 1.24 bits per heavy atom. The molecule has 0 aliphatic heterocycles. The van der Waals surface area contributed by atoms with E-state index in [2.05, 4.69) is 10.1 Å². The second-order valence-electron chi connectivity index (χ2n) is 4.61. The van der Waals surface area contributed by atoms with Gasteiger partial charge in [-0.25, -0.2) is 9.59 Å². The highest BCUT2D eigenvalue weighted by atomic mass is 16.5. The van der Waals surface area contributed by atoms with Crippen molar-refractivity contribution in [2.45, 2.75) is 19.9 Å². The van der Waals surface area contributed by atoms with Gasteiger partial charge in [-0.2, -0.15) is 0 Å². The highest BCUT2D eigenvalue weighted by Gasteiger charge is 2.20. The number of benzene rings is 1. The van der Waals surface area contributed by atoms with Crippen molar-refractivity contribution in [2.24, 2.45) is 0 Å². The number of amides is 2. The monoisotopic (exact) mass is 294 g/mol. The van der Waals surface area contributed by atoms with Crippen LogP contribution >= 0.6 is 0 Å². The van der Waals surface area contributed by atoms with E-state index in [-0.39, 0.29) is 18.2 Å². The molecule has 7 heteroatoms. The number of rotatable bonds is 5. The summed E-state index contributed by atoms with van der Waals surface area (Å²) in [6, 6.07) is 5.09. The maximum atomic E-state index is 12.1. The molecule has 1 aromatic carbocycles. The summed E-state index contributed by atoms with van der Waals surface area (Å²) in [6.45, 7) is 3.39. The number of nitrogens with one attached hydrogen (secondary N) is 1. The summed E-state index contributed by atoms with van der Waals surface area (Å²) in [6.07, 6.45) is 0. The zero-order valence-electron chi connectivity index (χ0n) is 12.1. The third-order valence-electron chi connectivity index (χ3n) is 2.79. The second kappa shape index (κ2) is 7.28. The Balaban J connectivity index is 2.76. The van der Waals surface area contributed by atoms with E-state index in [0.717, 1.165) is 0 Å². The predicted octanol–water partition coefficient (Wildman–Crippen LogP) is 1.80. The summed E-state index contributed by atoms with van der Waals surface area (Å²) in [5, 5.41) is 11.4. The average molecular weight is 294 g/mol. The number of esters is 1. The highest BCUT2D eigenvalue weighted by molar-refractivity contribution is 5.93. The summed E-state index contributed by atoms with van der Waals surface area (Å²) in [5.41, 5.74) is 0.573. The molecule has 0 heterocycles. The van der Waals surface area contributed by atoms with E-state index in [4.69, 9.17) is 5.11 Å². The molecule has 7 nitrogen and oxygen atoms in total. The molecule has 0 aromatic heterocycles. The molecule has 0 bridgehead atoms. The molecule has 114 valence electrons. The number of carbonyl (C=O) groups excluding carboxylic acids is 2. The number of hydrogen-bond donors (Lipinski definition) is 2. The Labute approximate surface area is 122 Å². The molecule has 0 saturated heterocycles. The van der Waals surface area contributed by atoms with Crippen molar-refractivity contribution in [1.82, 2.24) is 4.90 Å². The highest BCUT2D eigenvalue weighted by Crippen LogP contribution is 2.11. The number of carboxylic acid groups (broad SMARTS) is 1. The smallest absolute Gasteiger partial charge is 0.335 e. The van der Waals surface area contributed by atoms with Gasteiger partial charge in [-0.05, 0) is 38.1 Å². The number of nitrogens with zero attached hydrogens (tertiary/aromatic N) is 1. The fourth-order valence-corrected chi connectivity index (χ4v) is 1.58. The van der Waals surface area contributed by atoms with Crippen LogP contribution in [-0.4, -0.2) is 47.7 Å². The van der Waals surface area contributed by atoms with Crippen molar-refractivity contribution >= 4 is 23.7 Å². The van der Waals surface area contributed by atoms with Crippen LogP contribution in [0.15, 0.2) is 24.3 Å². The minimum Gasteiger partial charge on any atom is -0.478 e. The van der Waals surface area contributed by atoms with E-state index >= 15 is 0 Å². The first-order valence-corrected chi connectivity index (χ1v) is 6.33. The van der Waals surface area contributed by atoms with Crippen LogP contribution in [0.4, 0.5) is 10.5 Å². The fraction of sp³-hybridized carbons (Fsp3) is 0.357. The van der Waals surface area contributed by atoms with Crippen LogP contribution in [0.3, 0.4) is 0 Å². The summed E-state index contributed by atoms with van der Waals surface area (Å²) in [7, 11) is 1.25. The van der Waals surface area contributed by atoms with Crippen LogP contribution < -0.4 is 5.32 Å². The minimum absolute atomic E-state index is 0.128. The van der Waals surface area contributed by atoms with E-state index in [9.17, 15) is 14.4 Å². The normalized spacial score (nSPS) is 10.1. The lowest BCUT2D eigenvalue weighted by molar-refractivity contribution is -0.141. The lowest BCUT2D eigenvalue weighted by Crippen LogP contribution is -2.43. The maximum absolute atomic E-state index is 12.1. The third kappa shape index (κ3) is 4.79. The first-order chi connectivity index (χ1) is 9.85. The summed E-state index contributed by atoms with van der Waals surface area (Å²) >= 11 is 0. The average Bonchev–Trinajstić information content (AvgIpc) is 2.44. The van der Waals surface area contributed by atoms with Crippen LogP contribution in [-0.2, 0) is 9.53 Å². The number of anilines is 1. The molecule has 21 heavy (non-hydrogen) atoms. The largest absolute Gasteiger partial charge is 0.478 e. The van der Waals surface area contributed by atoms with Crippen LogP contribution in [0.2, 0.25) is 0 Å².